The molecule has 106 valence electrons. The highest BCUT2D eigenvalue weighted by molar-refractivity contribution is 6.33. The van der Waals surface area contributed by atoms with E-state index in [9.17, 15) is 9.90 Å². The lowest BCUT2D eigenvalue weighted by Gasteiger charge is -2.19. The van der Waals surface area contributed by atoms with E-state index >= 15 is 0 Å². The van der Waals surface area contributed by atoms with Crippen LogP contribution in [-0.4, -0.2) is 42.8 Å². The molecule has 6 heteroatoms. The summed E-state index contributed by atoms with van der Waals surface area (Å²) in [6.45, 7) is 2.16. The summed E-state index contributed by atoms with van der Waals surface area (Å²) in [5.74, 6) is 0.630. The molecule has 0 radical (unpaired) electrons. The van der Waals surface area contributed by atoms with Gasteiger partial charge in [-0.15, -0.1) is 0 Å². The van der Waals surface area contributed by atoms with E-state index < -0.39 is 6.10 Å². The summed E-state index contributed by atoms with van der Waals surface area (Å²) in [6.07, 6.45) is 0.0973. The van der Waals surface area contributed by atoms with Crippen molar-refractivity contribution < 1.29 is 14.6 Å². The third kappa shape index (κ3) is 4.96. The summed E-state index contributed by atoms with van der Waals surface area (Å²) >= 11 is 6.03. The Morgan fingerprint density at radius 3 is 2.79 bits per heavy atom. The highest BCUT2D eigenvalue weighted by Gasteiger charge is 2.11. The molecule has 0 aliphatic carbocycles. The van der Waals surface area contributed by atoms with E-state index in [1.54, 1.807) is 39.3 Å². The number of aliphatic hydroxyl groups is 1. The standard InChI is InChI=1S/C13H19ClN2O3/c1-9(17)6-7-16(2)13(18)15-12-5-4-10(19-3)8-11(12)14/h4-5,8-9,17H,6-7H2,1-3H3,(H,15,18). The Bertz CT molecular complexity index is 438. The van der Waals surface area contributed by atoms with Gasteiger partial charge in [-0.05, 0) is 25.5 Å². The minimum Gasteiger partial charge on any atom is -0.497 e. The van der Waals surface area contributed by atoms with Crippen LogP contribution < -0.4 is 10.1 Å². The van der Waals surface area contributed by atoms with Crippen LogP contribution in [0.15, 0.2) is 18.2 Å². The minimum absolute atomic E-state index is 0.271. The van der Waals surface area contributed by atoms with Crippen LogP contribution in [-0.2, 0) is 0 Å². The van der Waals surface area contributed by atoms with Gasteiger partial charge in [0.15, 0.2) is 0 Å². The number of halogens is 1. The van der Waals surface area contributed by atoms with E-state index in [4.69, 9.17) is 16.3 Å². The molecule has 5 nitrogen and oxygen atoms in total. The largest absolute Gasteiger partial charge is 0.497 e. The fourth-order valence-electron chi connectivity index (χ4n) is 1.42. The maximum absolute atomic E-state index is 11.9. The zero-order valence-corrected chi connectivity index (χ0v) is 12.1. The number of benzene rings is 1. The van der Waals surface area contributed by atoms with E-state index in [1.165, 1.54) is 4.90 Å². The van der Waals surface area contributed by atoms with Gasteiger partial charge in [0.05, 0.1) is 23.9 Å². The summed E-state index contributed by atoms with van der Waals surface area (Å²) in [4.78, 5) is 13.4. The Morgan fingerprint density at radius 2 is 2.26 bits per heavy atom. The van der Waals surface area contributed by atoms with Gasteiger partial charge < -0.3 is 20.1 Å². The van der Waals surface area contributed by atoms with Gasteiger partial charge in [0.2, 0.25) is 0 Å². The lowest BCUT2D eigenvalue weighted by molar-refractivity contribution is 0.167. The molecule has 1 atom stereocenters. The van der Waals surface area contributed by atoms with Gasteiger partial charge in [0, 0.05) is 19.7 Å². The van der Waals surface area contributed by atoms with Crippen LogP contribution in [0.1, 0.15) is 13.3 Å². The molecule has 0 aromatic heterocycles. The van der Waals surface area contributed by atoms with Crippen molar-refractivity contribution in [2.24, 2.45) is 0 Å². The first kappa shape index (κ1) is 15.6. The van der Waals surface area contributed by atoms with Crippen molar-refractivity contribution in [1.29, 1.82) is 0 Å². The zero-order chi connectivity index (χ0) is 14.4. The van der Waals surface area contributed by atoms with Crippen molar-refractivity contribution in [2.75, 3.05) is 26.0 Å². The number of urea groups is 1. The first-order valence-corrected chi connectivity index (χ1v) is 6.35. The second kappa shape index (κ2) is 7.21. The number of hydrogen-bond donors (Lipinski definition) is 2. The van der Waals surface area contributed by atoms with Crippen molar-refractivity contribution in [1.82, 2.24) is 4.90 Å². The lowest BCUT2D eigenvalue weighted by Crippen LogP contribution is -2.33. The fraction of sp³-hybridized carbons (Fsp3) is 0.462. The molecule has 2 amide bonds. The number of ether oxygens (including phenoxy) is 1. The number of aliphatic hydroxyl groups excluding tert-OH is 1. The number of anilines is 1. The average Bonchev–Trinajstić information content (AvgIpc) is 2.37. The van der Waals surface area contributed by atoms with Crippen LogP contribution in [0, 0.1) is 0 Å². The molecule has 0 heterocycles. The molecule has 2 N–H and O–H groups in total. The van der Waals surface area contributed by atoms with Gasteiger partial charge in [-0.25, -0.2) is 4.79 Å². The van der Waals surface area contributed by atoms with Crippen LogP contribution in [0.3, 0.4) is 0 Å². The van der Waals surface area contributed by atoms with Gasteiger partial charge in [-0.2, -0.15) is 0 Å². The Balaban J connectivity index is 2.61. The molecular weight excluding hydrogens is 268 g/mol. The number of amides is 2. The first-order chi connectivity index (χ1) is 8.93. The second-order valence-corrected chi connectivity index (χ2v) is 4.74. The van der Waals surface area contributed by atoms with Crippen LogP contribution in [0.5, 0.6) is 5.75 Å². The lowest BCUT2D eigenvalue weighted by atomic mass is 10.3. The number of methoxy groups -OCH3 is 1. The maximum Gasteiger partial charge on any atom is 0.321 e. The molecule has 0 aliphatic rings. The molecule has 1 rings (SSSR count). The first-order valence-electron chi connectivity index (χ1n) is 5.97. The average molecular weight is 287 g/mol. The Hall–Kier alpha value is -1.46. The molecule has 0 saturated heterocycles. The van der Waals surface area contributed by atoms with Crippen LogP contribution >= 0.6 is 11.6 Å². The zero-order valence-electron chi connectivity index (χ0n) is 11.3. The Morgan fingerprint density at radius 1 is 1.58 bits per heavy atom. The molecule has 19 heavy (non-hydrogen) atoms. The van der Waals surface area contributed by atoms with E-state index in [0.29, 0.717) is 29.4 Å². The van der Waals surface area contributed by atoms with Crippen LogP contribution in [0.4, 0.5) is 10.5 Å². The third-order valence-electron chi connectivity index (χ3n) is 2.65. The summed E-state index contributed by atoms with van der Waals surface area (Å²) in [7, 11) is 3.21. The van der Waals surface area contributed by atoms with Crippen LogP contribution in [0.25, 0.3) is 0 Å². The van der Waals surface area contributed by atoms with Gasteiger partial charge in [-0.3, -0.25) is 0 Å². The second-order valence-electron chi connectivity index (χ2n) is 4.34. The van der Waals surface area contributed by atoms with Crippen molar-refractivity contribution in [3.63, 3.8) is 0 Å². The molecule has 1 unspecified atom stereocenters. The molecule has 0 aliphatic heterocycles. The summed E-state index contributed by atoms with van der Waals surface area (Å²) in [6, 6.07) is 4.76. The number of nitrogens with zero attached hydrogens (tertiary/aromatic N) is 1. The molecular formula is C13H19ClN2O3. The fourth-order valence-corrected chi connectivity index (χ4v) is 1.63. The Labute approximate surface area is 118 Å². The topological polar surface area (TPSA) is 61.8 Å². The number of hydrogen-bond acceptors (Lipinski definition) is 3. The third-order valence-corrected chi connectivity index (χ3v) is 2.96. The molecule has 0 fully saturated rings. The quantitative estimate of drug-likeness (QED) is 0.874. The van der Waals surface area contributed by atoms with Gasteiger partial charge >= 0.3 is 6.03 Å². The van der Waals surface area contributed by atoms with Crippen molar-refractivity contribution >= 4 is 23.3 Å². The van der Waals surface area contributed by atoms with Crippen LogP contribution in [0.2, 0.25) is 5.02 Å². The maximum atomic E-state index is 11.9. The Kier molecular flexibility index (Phi) is 5.92. The van der Waals surface area contributed by atoms with Gasteiger partial charge in [-0.1, -0.05) is 11.6 Å². The van der Waals surface area contributed by atoms with Gasteiger partial charge in [0.1, 0.15) is 5.75 Å². The normalized spacial score (nSPS) is 11.8. The number of rotatable bonds is 5. The van der Waals surface area contributed by atoms with Crippen molar-refractivity contribution in [3.05, 3.63) is 23.2 Å². The highest BCUT2D eigenvalue weighted by Crippen LogP contribution is 2.26. The molecule has 0 saturated carbocycles. The molecule has 1 aromatic carbocycles. The smallest absolute Gasteiger partial charge is 0.321 e. The monoisotopic (exact) mass is 286 g/mol. The summed E-state index contributed by atoms with van der Waals surface area (Å²) in [5.41, 5.74) is 0.524. The SMILES string of the molecule is COc1ccc(NC(=O)N(C)CCC(C)O)c(Cl)c1. The summed E-state index contributed by atoms with van der Waals surface area (Å²) < 4.78 is 5.03. The summed E-state index contributed by atoms with van der Waals surface area (Å²) in [5, 5.41) is 12.3. The van der Waals surface area contributed by atoms with E-state index in [1.807, 2.05) is 0 Å². The predicted octanol–water partition coefficient (Wildman–Crippen LogP) is 2.58. The minimum atomic E-state index is -0.431. The molecule has 0 spiro atoms. The highest BCUT2D eigenvalue weighted by atomic mass is 35.5. The number of carbonyl (C=O) groups excluding carboxylic acids is 1. The predicted molar refractivity (Wildman–Crippen MR) is 76.0 cm³/mol. The van der Waals surface area contributed by atoms with Crippen molar-refractivity contribution in [3.8, 4) is 5.75 Å². The van der Waals surface area contributed by atoms with Crippen molar-refractivity contribution in [2.45, 2.75) is 19.4 Å². The molecule has 1 aromatic rings. The van der Waals surface area contributed by atoms with Gasteiger partial charge in [0.25, 0.3) is 0 Å². The number of carbonyl (C=O) groups is 1. The van der Waals surface area contributed by atoms with E-state index in [2.05, 4.69) is 5.32 Å². The van der Waals surface area contributed by atoms with E-state index in [0.717, 1.165) is 0 Å². The van der Waals surface area contributed by atoms with E-state index in [-0.39, 0.29) is 6.03 Å². The number of nitrogens with one attached hydrogen (secondary N) is 1. The molecule has 0 bridgehead atoms.